The highest BCUT2D eigenvalue weighted by molar-refractivity contribution is 7.07. The summed E-state index contributed by atoms with van der Waals surface area (Å²) in [6.45, 7) is 0. The van der Waals surface area contributed by atoms with Gasteiger partial charge in [0.2, 0.25) is 0 Å². The van der Waals surface area contributed by atoms with Crippen molar-refractivity contribution in [2.45, 2.75) is 0 Å². The SMILES string of the molecule is [c]1sccc1-c1ccnc2ccccc12. The second kappa shape index (κ2) is 3.48. The predicted molar refractivity (Wildman–Crippen MR) is 63.9 cm³/mol. The van der Waals surface area contributed by atoms with Gasteiger partial charge in [0.25, 0.3) is 0 Å². The third kappa shape index (κ3) is 1.43. The molecule has 0 unspecified atom stereocenters. The van der Waals surface area contributed by atoms with Crippen molar-refractivity contribution in [3.63, 3.8) is 0 Å². The minimum Gasteiger partial charge on any atom is -0.256 e. The van der Waals surface area contributed by atoms with Crippen molar-refractivity contribution >= 4 is 22.2 Å². The van der Waals surface area contributed by atoms with Crippen LogP contribution in [0.15, 0.2) is 48.0 Å². The van der Waals surface area contributed by atoms with Crippen molar-refractivity contribution < 1.29 is 0 Å². The molecule has 0 aliphatic carbocycles. The van der Waals surface area contributed by atoms with Gasteiger partial charge in [0, 0.05) is 17.1 Å². The molecule has 0 spiro atoms. The fraction of sp³-hybridized carbons (Fsp3) is 0. The first-order chi connectivity index (χ1) is 7.45. The van der Waals surface area contributed by atoms with Crippen LogP contribution in [0, 0.1) is 5.38 Å². The van der Waals surface area contributed by atoms with E-state index in [2.05, 4.69) is 22.5 Å². The van der Waals surface area contributed by atoms with Gasteiger partial charge in [-0.1, -0.05) is 18.2 Å². The normalized spacial score (nSPS) is 10.7. The molecule has 71 valence electrons. The number of nitrogens with zero attached hydrogens (tertiary/aromatic N) is 1. The number of para-hydroxylation sites is 1. The Kier molecular flexibility index (Phi) is 2.00. The molecular weight excluding hydrogens is 202 g/mol. The van der Waals surface area contributed by atoms with Crippen LogP contribution in [0.4, 0.5) is 0 Å². The maximum absolute atomic E-state index is 4.34. The largest absolute Gasteiger partial charge is 0.256 e. The average molecular weight is 210 g/mol. The van der Waals surface area contributed by atoms with E-state index >= 15 is 0 Å². The molecule has 1 radical (unpaired) electrons. The maximum atomic E-state index is 4.34. The quantitative estimate of drug-likeness (QED) is 0.596. The summed E-state index contributed by atoms with van der Waals surface area (Å²) in [7, 11) is 0. The van der Waals surface area contributed by atoms with Crippen molar-refractivity contribution in [3.8, 4) is 11.1 Å². The van der Waals surface area contributed by atoms with Gasteiger partial charge in [-0.15, -0.1) is 11.3 Å². The second-order valence-electron chi connectivity index (χ2n) is 3.31. The number of rotatable bonds is 1. The average Bonchev–Trinajstić information content (AvgIpc) is 2.82. The second-order valence-corrected chi connectivity index (χ2v) is 4.02. The molecule has 0 atom stereocenters. The Labute approximate surface area is 92.0 Å². The molecule has 2 heteroatoms. The van der Waals surface area contributed by atoms with Crippen LogP contribution in [-0.4, -0.2) is 4.98 Å². The zero-order valence-corrected chi connectivity index (χ0v) is 8.79. The zero-order valence-electron chi connectivity index (χ0n) is 7.97. The molecule has 0 fully saturated rings. The van der Waals surface area contributed by atoms with Gasteiger partial charge in [0.15, 0.2) is 0 Å². The van der Waals surface area contributed by atoms with Crippen molar-refractivity contribution in [2.24, 2.45) is 0 Å². The fourth-order valence-corrected chi connectivity index (χ4v) is 2.29. The maximum Gasteiger partial charge on any atom is 0.0708 e. The molecule has 0 aliphatic rings. The highest BCUT2D eigenvalue weighted by Gasteiger charge is 2.03. The molecule has 0 saturated carbocycles. The minimum absolute atomic E-state index is 1.04. The van der Waals surface area contributed by atoms with Gasteiger partial charge in [-0.2, -0.15) is 0 Å². The monoisotopic (exact) mass is 210 g/mol. The first kappa shape index (κ1) is 8.62. The Morgan fingerprint density at radius 1 is 1.07 bits per heavy atom. The Hall–Kier alpha value is -1.67. The molecule has 0 saturated heterocycles. The van der Waals surface area contributed by atoms with Crippen molar-refractivity contribution in [1.29, 1.82) is 0 Å². The topological polar surface area (TPSA) is 12.9 Å². The molecule has 0 aliphatic heterocycles. The first-order valence-corrected chi connectivity index (χ1v) is 5.62. The van der Waals surface area contributed by atoms with Gasteiger partial charge in [0.1, 0.15) is 0 Å². The van der Waals surface area contributed by atoms with Gasteiger partial charge in [0.05, 0.1) is 10.9 Å². The lowest BCUT2D eigenvalue weighted by atomic mass is 10.0. The Morgan fingerprint density at radius 2 is 2.00 bits per heavy atom. The van der Waals surface area contributed by atoms with E-state index < -0.39 is 0 Å². The lowest BCUT2D eigenvalue weighted by molar-refractivity contribution is 1.41. The summed E-state index contributed by atoms with van der Waals surface area (Å²) in [6, 6.07) is 12.3. The number of benzene rings is 1. The number of thiophene rings is 1. The van der Waals surface area contributed by atoms with Gasteiger partial charge in [-0.05, 0) is 29.1 Å². The van der Waals surface area contributed by atoms with E-state index in [9.17, 15) is 0 Å². The van der Waals surface area contributed by atoms with E-state index in [0.29, 0.717) is 0 Å². The number of pyridine rings is 1. The van der Waals surface area contributed by atoms with E-state index in [0.717, 1.165) is 11.1 Å². The lowest BCUT2D eigenvalue weighted by Crippen LogP contribution is -1.81. The van der Waals surface area contributed by atoms with E-state index in [4.69, 9.17) is 0 Å². The molecular formula is C13H8NS. The van der Waals surface area contributed by atoms with Gasteiger partial charge in [-0.3, -0.25) is 4.98 Å². The van der Waals surface area contributed by atoms with Crippen LogP contribution in [0.1, 0.15) is 0 Å². The Balaban J connectivity index is 2.36. The van der Waals surface area contributed by atoms with Gasteiger partial charge in [-0.25, -0.2) is 0 Å². The van der Waals surface area contributed by atoms with E-state index in [1.165, 1.54) is 10.9 Å². The first-order valence-electron chi connectivity index (χ1n) is 4.74. The zero-order chi connectivity index (χ0) is 10.1. The highest BCUT2D eigenvalue weighted by Crippen LogP contribution is 2.27. The van der Waals surface area contributed by atoms with Crippen molar-refractivity contribution in [3.05, 3.63) is 53.4 Å². The molecule has 15 heavy (non-hydrogen) atoms. The summed E-state index contributed by atoms with van der Waals surface area (Å²) >= 11 is 1.60. The van der Waals surface area contributed by atoms with Gasteiger partial charge >= 0.3 is 0 Å². The third-order valence-corrected chi connectivity index (χ3v) is 3.02. The number of aromatic nitrogens is 1. The lowest BCUT2D eigenvalue weighted by Gasteiger charge is -2.02. The van der Waals surface area contributed by atoms with Crippen LogP contribution >= 0.6 is 11.3 Å². The molecule has 0 N–H and O–H groups in total. The van der Waals surface area contributed by atoms with Crippen LogP contribution in [0.2, 0.25) is 0 Å². The van der Waals surface area contributed by atoms with Crippen molar-refractivity contribution in [2.75, 3.05) is 0 Å². The molecule has 2 heterocycles. The van der Waals surface area contributed by atoms with Crippen LogP contribution < -0.4 is 0 Å². The summed E-state index contributed by atoms with van der Waals surface area (Å²) in [5.41, 5.74) is 3.40. The summed E-state index contributed by atoms with van der Waals surface area (Å²) in [5.74, 6) is 0. The molecule has 0 bridgehead atoms. The van der Waals surface area contributed by atoms with E-state index in [-0.39, 0.29) is 0 Å². The predicted octanol–water partition coefficient (Wildman–Crippen LogP) is 3.76. The van der Waals surface area contributed by atoms with Crippen LogP contribution in [0.5, 0.6) is 0 Å². The van der Waals surface area contributed by atoms with Crippen molar-refractivity contribution in [1.82, 2.24) is 4.98 Å². The van der Waals surface area contributed by atoms with E-state index in [1.807, 2.05) is 35.8 Å². The van der Waals surface area contributed by atoms with Crippen LogP contribution in [0.3, 0.4) is 0 Å². The molecule has 2 aromatic heterocycles. The number of hydrogen-bond donors (Lipinski definition) is 0. The molecule has 1 aromatic carbocycles. The fourth-order valence-electron chi connectivity index (χ4n) is 1.71. The number of hydrogen-bond acceptors (Lipinski definition) is 2. The van der Waals surface area contributed by atoms with Crippen LogP contribution in [0.25, 0.3) is 22.0 Å². The molecule has 3 rings (SSSR count). The van der Waals surface area contributed by atoms with E-state index in [1.54, 1.807) is 11.3 Å². The Morgan fingerprint density at radius 3 is 2.87 bits per heavy atom. The van der Waals surface area contributed by atoms with Crippen LogP contribution in [-0.2, 0) is 0 Å². The Bertz CT molecular complexity index is 579. The summed E-state index contributed by atoms with van der Waals surface area (Å²) in [5, 5.41) is 6.50. The summed E-state index contributed by atoms with van der Waals surface area (Å²) in [4.78, 5) is 4.34. The third-order valence-electron chi connectivity index (χ3n) is 2.41. The smallest absolute Gasteiger partial charge is 0.0708 e. The molecule has 1 nitrogen and oxygen atoms in total. The molecule has 0 amide bonds. The summed E-state index contributed by atoms with van der Waals surface area (Å²) < 4.78 is 0. The summed E-state index contributed by atoms with van der Waals surface area (Å²) in [6.07, 6.45) is 1.85. The number of fused-ring (bicyclic) bond motifs is 1. The molecule has 3 aromatic rings. The highest BCUT2D eigenvalue weighted by atomic mass is 32.1. The minimum atomic E-state index is 1.04. The standard InChI is InChI=1S/C13H8NS/c1-2-4-13-12(3-1)11(5-7-14-13)10-6-8-15-9-10/h1-8H. The van der Waals surface area contributed by atoms with Gasteiger partial charge < -0.3 is 0 Å².